The van der Waals surface area contributed by atoms with Crippen LogP contribution in [0, 0.1) is 6.92 Å². The highest BCUT2D eigenvalue weighted by molar-refractivity contribution is 14.0. The molecule has 1 aromatic carbocycles. The molecule has 0 bridgehead atoms. The number of aromatic nitrogens is 3. The third-order valence-electron chi connectivity index (χ3n) is 5.41. The van der Waals surface area contributed by atoms with Crippen LogP contribution in [0.5, 0.6) is 0 Å². The van der Waals surface area contributed by atoms with Crippen molar-refractivity contribution < 1.29 is 4.79 Å². The zero-order valence-electron chi connectivity index (χ0n) is 17.6. The van der Waals surface area contributed by atoms with Gasteiger partial charge < -0.3 is 20.1 Å². The molecule has 2 aromatic heterocycles. The summed E-state index contributed by atoms with van der Waals surface area (Å²) in [6.07, 6.45) is 6.55. The van der Waals surface area contributed by atoms with Crippen LogP contribution in [0.15, 0.2) is 41.8 Å². The first-order chi connectivity index (χ1) is 14.1. The zero-order chi connectivity index (χ0) is 20.4. The Morgan fingerprint density at radius 3 is 2.87 bits per heavy atom. The van der Waals surface area contributed by atoms with Gasteiger partial charge in [-0.2, -0.15) is 5.10 Å². The second kappa shape index (κ2) is 9.50. The number of H-pyrrole nitrogens is 1. The molecule has 1 amide bonds. The second-order valence-corrected chi connectivity index (χ2v) is 7.37. The monoisotopic (exact) mass is 521 g/mol. The predicted octanol–water partition coefficient (Wildman–Crippen LogP) is 2.29. The first kappa shape index (κ1) is 22.1. The number of benzene rings is 1. The highest BCUT2D eigenvalue weighted by Gasteiger charge is 2.27. The second-order valence-electron chi connectivity index (χ2n) is 7.37. The van der Waals surface area contributed by atoms with E-state index in [-0.39, 0.29) is 29.9 Å². The molecule has 0 radical (unpaired) electrons. The van der Waals surface area contributed by atoms with Crippen LogP contribution in [-0.4, -0.2) is 64.8 Å². The Morgan fingerprint density at radius 1 is 1.33 bits per heavy atom. The maximum absolute atomic E-state index is 12.6. The average Bonchev–Trinajstić information content (AvgIpc) is 3.32. The summed E-state index contributed by atoms with van der Waals surface area (Å²) in [7, 11) is 3.61. The SMILES string of the molecule is CN=C(NCCc1c[nH]c2cccc(C)c12)N1CCN(c2cnn(C)c2)C(=O)C1.I. The van der Waals surface area contributed by atoms with Crippen LogP contribution < -0.4 is 10.2 Å². The van der Waals surface area contributed by atoms with Crippen molar-refractivity contribution in [3.63, 3.8) is 0 Å². The standard InChI is InChI=1S/C21H27N7O.HI/c1-15-5-4-6-18-20(15)16(11-24-18)7-8-23-21(22-2)27-9-10-28(19(29)14-27)17-12-25-26(3)13-17;/h4-6,11-13,24H,7-10,14H2,1-3H3,(H,22,23);1H. The molecule has 0 aliphatic carbocycles. The molecule has 1 fully saturated rings. The number of aliphatic imine (C=N–C) groups is 1. The Bertz CT molecular complexity index is 1050. The van der Waals surface area contributed by atoms with Crippen LogP contribution in [0.25, 0.3) is 10.9 Å². The molecule has 9 heteroatoms. The fourth-order valence-electron chi connectivity index (χ4n) is 3.96. The maximum Gasteiger partial charge on any atom is 0.246 e. The number of carbonyl (C=O) groups excluding carboxylic acids is 1. The van der Waals surface area contributed by atoms with Gasteiger partial charge in [0.15, 0.2) is 5.96 Å². The van der Waals surface area contributed by atoms with Gasteiger partial charge in [-0.25, -0.2) is 0 Å². The molecule has 4 rings (SSSR count). The van der Waals surface area contributed by atoms with Crippen LogP contribution in [0.3, 0.4) is 0 Å². The summed E-state index contributed by atoms with van der Waals surface area (Å²) < 4.78 is 1.71. The zero-order valence-corrected chi connectivity index (χ0v) is 19.9. The van der Waals surface area contributed by atoms with Gasteiger partial charge in [0, 0.05) is 57.0 Å². The molecule has 3 heterocycles. The number of rotatable bonds is 4. The summed E-state index contributed by atoms with van der Waals surface area (Å²) >= 11 is 0. The van der Waals surface area contributed by atoms with Gasteiger partial charge in [0.25, 0.3) is 0 Å². The van der Waals surface area contributed by atoms with E-state index >= 15 is 0 Å². The lowest BCUT2D eigenvalue weighted by molar-refractivity contribution is -0.120. The van der Waals surface area contributed by atoms with E-state index in [2.05, 4.69) is 51.7 Å². The molecule has 8 nitrogen and oxygen atoms in total. The Hall–Kier alpha value is -2.56. The van der Waals surface area contributed by atoms with E-state index in [9.17, 15) is 4.79 Å². The average molecular weight is 521 g/mol. The van der Waals surface area contributed by atoms with E-state index in [1.807, 2.05) is 18.1 Å². The summed E-state index contributed by atoms with van der Waals surface area (Å²) in [4.78, 5) is 24.2. The number of aryl methyl sites for hydroxylation is 2. The normalized spacial score (nSPS) is 14.9. The van der Waals surface area contributed by atoms with Gasteiger partial charge in [-0.1, -0.05) is 12.1 Å². The lowest BCUT2D eigenvalue weighted by Crippen LogP contribution is -2.55. The van der Waals surface area contributed by atoms with Gasteiger partial charge in [0.05, 0.1) is 11.9 Å². The number of guanidine groups is 1. The number of nitrogens with zero attached hydrogens (tertiary/aromatic N) is 5. The van der Waals surface area contributed by atoms with Crippen molar-refractivity contribution in [3.8, 4) is 0 Å². The Morgan fingerprint density at radius 2 is 2.17 bits per heavy atom. The minimum absolute atomic E-state index is 0. The topological polar surface area (TPSA) is 81.6 Å². The molecule has 3 aromatic rings. The van der Waals surface area contributed by atoms with Gasteiger partial charge in [-0.05, 0) is 30.5 Å². The van der Waals surface area contributed by atoms with Crippen LogP contribution in [0.2, 0.25) is 0 Å². The van der Waals surface area contributed by atoms with Crippen molar-refractivity contribution in [1.29, 1.82) is 0 Å². The van der Waals surface area contributed by atoms with Crippen molar-refractivity contribution in [2.24, 2.45) is 12.0 Å². The number of hydrogen-bond acceptors (Lipinski definition) is 3. The van der Waals surface area contributed by atoms with E-state index in [0.717, 1.165) is 31.2 Å². The molecule has 160 valence electrons. The van der Waals surface area contributed by atoms with Gasteiger partial charge in [0.1, 0.15) is 6.54 Å². The summed E-state index contributed by atoms with van der Waals surface area (Å²) in [6, 6.07) is 6.31. The number of halogens is 1. The molecule has 30 heavy (non-hydrogen) atoms. The first-order valence-electron chi connectivity index (χ1n) is 9.87. The summed E-state index contributed by atoms with van der Waals surface area (Å²) in [5, 5.41) is 8.87. The van der Waals surface area contributed by atoms with Gasteiger partial charge in [0.2, 0.25) is 5.91 Å². The predicted molar refractivity (Wildman–Crippen MR) is 131 cm³/mol. The summed E-state index contributed by atoms with van der Waals surface area (Å²) in [5.74, 6) is 0.820. The highest BCUT2D eigenvalue weighted by atomic mass is 127. The van der Waals surface area contributed by atoms with Crippen LogP contribution in [0.4, 0.5) is 5.69 Å². The van der Waals surface area contributed by atoms with Gasteiger partial charge in [-0.15, -0.1) is 24.0 Å². The quantitative estimate of drug-likeness (QED) is 0.314. The van der Waals surface area contributed by atoms with Crippen molar-refractivity contribution in [2.75, 3.05) is 38.1 Å². The molecule has 1 aliphatic heterocycles. The van der Waals surface area contributed by atoms with Crippen molar-refractivity contribution in [1.82, 2.24) is 25.0 Å². The van der Waals surface area contributed by atoms with E-state index in [0.29, 0.717) is 13.1 Å². The lowest BCUT2D eigenvalue weighted by Gasteiger charge is -2.35. The Balaban J connectivity index is 0.00000256. The molecule has 1 saturated heterocycles. The number of piperazine rings is 1. The number of nitrogens with one attached hydrogen (secondary N) is 2. The fourth-order valence-corrected chi connectivity index (χ4v) is 3.96. The van der Waals surface area contributed by atoms with Gasteiger partial charge in [-0.3, -0.25) is 14.5 Å². The third kappa shape index (κ3) is 4.45. The number of carbonyl (C=O) groups is 1. The molecule has 1 aliphatic rings. The van der Waals surface area contributed by atoms with Crippen LogP contribution >= 0.6 is 24.0 Å². The number of amides is 1. The minimum atomic E-state index is 0. The lowest BCUT2D eigenvalue weighted by atomic mass is 10.1. The smallest absolute Gasteiger partial charge is 0.246 e. The largest absolute Gasteiger partial charge is 0.361 e. The van der Waals surface area contributed by atoms with E-state index in [1.165, 1.54) is 22.0 Å². The number of fused-ring (bicyclic) bond motifs is 1. The van der Waals surface area contributed by atoms with Crippen molar-refractivity contribution >= 4 is 52.4 Å². The molecular formula is C21H28IN7O. The maximum atomic E-state index is 12.6. The van der Waals surface area contributed by atoms with Crippen molar-refractivity contribution in [2.45, 2.75) is 13.3 Å². The minimum Gasteiger partial charge on any atom is -0.361 e. The molecule has 2 N–H and O–H groups in total. The summed E-state index contributed by atoms with van der Waals surface area (Å²) in [6.45, 7) is 4.55. The van der Waals surface area contributed by atoms with Gasteiger partial charge >= 0.3 is 0 Å². The van der Waals surface area contributed by atoms with E-state index in [1.54, 1.807) is 22.8 Å². The molecule has 0 unspecified atom stereocenters. The Labute approximate surface area is 193 Å². The molecule has 0 spiro atoms. The Kier molecular flexibility index (Phi) is 7.01. The number of hydrogen-bond donors (Lipinski definition) is 2. The highest BCUT2D eigenvalue weighted by Crippen LogP contribution is 2.22. The third-order valence-corrected chi connectivity index (χ3v) is 5.41. The number of aromatic amines is 1. The molecule has 0 atom stereocenters. The molecular weight excluding hydrogens is 493 g/mol. The van der Waals surface area contributed by atoms with Crippen LogP contribution in [-0.2, 0) is 18.3 Å². The molecule has 0 saturated carbocycles. The summed E-state index contributed by atoms with van der Waals surface area (Å²) in [5.41, 5.74) is 4.58. The number of anilines is 1. The van der Waals surface area contributed by atoms with Crippen molar-refractivity contribution in [3.05, 3.63) is 47.9 Å². The fraction of sp³-hybridized carbons (Fsp3) is 0.381. The first-order valence-corrected chi connectivity index (χ1v) is 9.87. The van der Waals surface area contributed by atoms with E-state index < -0.39 is 0 Å². The van der Waals surface area contributed by atoms with Crippen LogP contribution in [0.1, 0.15) is 11.1 Å². The van der Waals surface area contributed by atoms with E-state index in [4.69, 9.17) is 0 Å².